The summed E-state index contributed by atoms with van der Waals surface area (Å²) < 4.78 is 5.05. The predicted octanol–water partition coefficient (Wildman–Crippen LogP) is 3.20. The van der Waals surface area contributed by atoms with Crippen molar-refractivity contribution in [1.82, 2.24) is 5.43 Å². The molecule has 2 aromatic carbocycles. The second-order valence-corrected chi connectivity index (χ2v) is 5.55. The van der Waals surface area contributed by atoms with Crippen molar-refractivity contribution in [2.75, 3.05) is 5.32 Å². The molecule has 0 aliphatic rings. The highest BCUT2D eigenvalue weighted by Crippen LogP contribution is 2.15. The van der Waals surface area contributed by atoms with Gasteiger partial charge in [-0.05, 0) is 48.5 Å². The molecule has 28 heavy (non-hydrogen) atoms. The van der Waals surface area contributed by atoms with Crippen LogP contribution in [0.4, 0.5) is 11.4 Å². The largest absolute Gasteiger partial charge is 0.463 e. The number of furan rings is 1. The molecule has 0 spiro atoms. The number of hydrogen-bond donors (Lipinski definition) is 2. The first kappa shape index (κ1) is 18.5. The highest BCUT2D eigenvalue weighted by Gasteiger charge is 2.10. The van der Waals surface area contributed by atoms with Gasteiger partial charge in [0.15, 0.2) is 0 Å². The van der Waals surface area contributed by atoms with E-state index in [-0.39, 0.29) is 11.3 Å². The monoisotopic (exact) mass is 378 g/mol. The lowest BCUT2D eigenvalue weighted by Crippen LogP contribution is -2.17. The average molecular weight is 378 g/mol. The van der Waals surface area contributed by atoms with Crippen molar-refractivity contribution in [2.45, 2.75) is 0 Å². The quantitative estimate of drug-likeness (QED) is 0.387. The molecule has 140 valence electrons. The smallest absolute Gasteiger partial charge is 0.271 e. The highest BCUT2D eigenvalue weighted by molar-refractivity contribution is 6.04. The zero-order chi connectivity index (χ0) is 19.9. The maximum absolute atomic E-state index is 12.2. The van der Waals surface area contributed by atoms with E-state index in [4.69, 9.17) is 4.42 Å². The third-order valence-corrected chi connectivity index (χ3v) is 3.65. The number of nitro groups is 1. The Balaban J connectivity index is 1.58. The summed E-state index contributed by atoms with van der Waals surface area (Å²) >= 11 is 0. The lowest BCUT2D eigenvalue weighted by atomic mass is 10.1. The topological polar surface area (TPSA) is 127 Å². The SMILES string of the molecule is O=C(N/N=C\c1ccco1)c1ccc(NC(=O)c2ccc([N+](=O)[O-])cc2)cc1. The molecular weight excluding hydrogens is 364 g/mol. The van der Waals surface area contributed by atoms with Gasteiger partial charge in [-0.2, -0.15) is 5.10 Å². The molecule has 1 aromatic heterocycles. The summed E-state index contributed by atoms with van der Waals surface area (Å²) in [6.45, 7) is 0. The van der Waals surface area contributed by atoms with Crippen LogP contribution < -0.4 is 10.7 Å². The summed E-state index contributed by atoms with van der Waals surface area (Å²) in [6.07, 6.45) is 2.86. The lowest BCUT2D eigenvalue weighted by molar-refractivity contribution is -0.384. The first-order valence-corrected chi connectivity index (χ1v) is 8.06. The number of carbonyl (C=O) groups is 2. The van der Waals surface area contributed by atoms with Crippen LogP contribution in [0.15, 0.2) is 76.4 Å². The number of non-ortho nitro benzene ring substituents is 1. The highest BCUT2D eigenvalue weighted by atomic mass is 16.6. The molecule has 0 fully saturated rings. The molecule has 0 radical (unpaired) electrons. The second kappa shape index (κ2) is 8.41. The lowest BCUT2D eigenvalue weighted by Gasteiger charge is -2.06. The fourth-order valence-electron chi connectivity index (χ4n) is 2.23. The molecule has 2 N–H and O–H groups in total. The van der Waals surface area contributed by atoms with Crippen LogP contribution in [0, 0.1) is 10.1 Å². The number of nitrogens with zero attached hydrogens (tertiary/aromatic N) is 2. The number of hydrogen-bond acceptors (Lipinski definition) is 6. The van der Waals surface area contributed by atoms with Gasteiger partial charge in [0.25, 0.3) is 17.5 Å². The number of rotatable bonds is 6. The minimum Gasteiger partial charge on any atom is -0.463 e. The fraction of sp³-hybridized carbons (Fsp3) is 0. The van der Waals surface area contributed by atoms with E-state index in [9.17, 15) is 19.7 Å². The molecule has 0 saturated heterocycles. The van der Waals surface area contributed by atoms with E-state index in [0.717, 1.165) is 0 Å². The molecule has 0 bridgehead atoms. The van der Waals surface area contributed by atoms with Gasteiger partial charge in [0.2, 0.25) is 0 Å². The Kier molecular flexibility index (Phi) is 5.56. The summed E-state index contributed by atoms with van der Waals surface area (Å²) in [6, 6.07) is 14.8. The second-order valence-electron chi connectivity index (χ2n) is 5.55. The molecule has 9 heteroatoms. The van der Waals surface area contributed by atoms with Crippen molar-refractivity contribution in [2.24, 2.45) is 5.10 Å². The Hall–Kier alpha value is -4.27. The summed E-state index contributed by atoms with van der Waals surface area (Å²) in [5.74, 6) is -0.337. The van der Waals surface area contributed by atoms with E-state index in [1.54, 1.807) is 24.3 Å². The number of nitro benzene ring substituents is 1. The van der Waals surface area contributed by atoms with E-state index in [0.29, 0.717) is 17.0 Å². The maximum Gasteiger partial charge on any atom is 0.271 e. The summed E-state index contributed by atoms with van der Waals surface area (Å²) in [5, 5.41) is 17.1. The van der Waals surface area contributed by atoms with Crippen LogP contribution in [0.5, 0.6) is 0 Å². The van der Waals surface area contributed by atoms with Gasteiger partial charge in [0.05, 0.1) is 17.4 Å². The standard InChI is InChI=1S/C19H14N4O5/c24-18(13-5-9-16(10-6-13)23(26)27)21-15-7-3-14(4-8-15)19(25)22-20-12-17-2-1-11-28-17/h1-12H,(H,21,24)(H,22,25)/b20-12-. The molecule has 0 atom stereocenters. The van der Waals surface area contributed by atoms with Crippen molar-refractivity contribution in [3.63, 3.8) is 0 Å². The van der Waals surface area contributed by atoms with Crippen molar-refractivity contribution in [3.8, 4) is 0 Å². The Morgan fingerprint density at radius 1 is 0.964 bits per heavy atom. The van der Waals surface area contributed by atoms with Gasteiger partial charge in [-0.25, -0.2) is 5.43 Å². The normalized spacial score (nSPS) is 10.6. The van der Waals surface area contributed by atoms with Crippen LogP contribution in [-0.4, -0.2) is 23.0 Å². The van der Waals surface area contributed by atoms with Crippen LogP contribution in [0.3, 0.4) is 0 Å². The van der Waals surface area contributed by atoms with Crippen LogP contribution in [-0.2, 0) is 0 Å². The van der Waals surface area contributed by atoms with E-state index in [2.05, 4.69) is 15.8 Å². The van der Waals surface area contributed by atoms with Gasteiger partial charge in [-0.3, -0.25) is 19.7 Å². The third kappa shape index (κ3) is 4.67. The van der Waals surface area contributed by atoms with Gasteiger partial charge in [-0.1, -0.05) is 0 Å². The number of anilines is 1. The van der Waals surface area contributed by atoms with Crippen LogP contribution in [0.25, 0.3) is 0 Å². The van der Waals surface area contributed by atoms with Gasteiger partial charge in [0.1, 0.15) is 5.76 Å². The van der Waals surface area contributed by atoms with Gasteiger partial charge in [0, 0.05) is 28.9 Å². The number of nitrogens with one attached hydrogen (secondary N) is 2. The zero-order valence-electron chi connectivity index (χ0n) is 14.4. The molecule has 0 saturated carbocycles. The van der Waals surface area contributed by atoms with Gasteiger partial charge < -0.3 is 9.73 Å². The van der Waals surface area contributed by atoms with E-state index >= 15 is 0 Å². The van der Waals surface area contributed by atoms with Crippen molar-refractivity contribution in [3.05, 3.63) is 93.9 Å². The maximum atomic E-state index is 12.2. The minimum absolute atomic E-state index is 0.0957. The summed E-state index contributed by atoms with van der Waals surface area (Å²) in [4.78, 5) is 34.3. The van der Waals surface area contributed by atoms with Crippen molar-refractivity contribution >= 4 is 29.4 Å². The third-order valence-electron chi connectivity index (χ3n) is 3.65. The molecule has 0 aliphatic heterocycles. The Bertz CT molecular complexity index is 1010. The number of amides is 2. The van der Waals surface area contributed by atoms with Gasteiger partial charge in [-0.15, -0.1) is 0 Å². The van der Waals surface area contributed by atoms with Crippen LogP contribution >= 0.6 is 0 Å². The average Bonchev–Trinajstić information content (AvgIpc) is 3.22. The molecule has 2 amide bonds. The zero-order valence-corrected chi connectivity index (χ0v) is 14.4. The van der Waals surface area contributed by atoms with Crippen LogP contribution in [0.1, 0.15) is 26.5 Å². The Labute approximate surface area is 158 Å². The molecule has 1 heterocycles. The predicted molar refractivity (Wildman–Crippen MR) is 101 cm³/mol. The van der Waals surface area contributed by atoms with E-state index < -0.39 is 16.7 Å². The molecular formula is C19H14N4O5. The number of hydrazone groups is 1. The number of carbonyl (C=O) groups excluding carboxylic acids is 2. The van der Waals surface area contributed by atoms with Crippen molar-refractivity contribution < 1.29 is 18.9 Å². The Morgan fingerprint density at radius 3 is 2.21 bits per heavy atom. The Morgan fingerprint density at radius 2 is 1.61 bits per heavy atom. The molecule has 0 unspecified atom stereocenters. The minimum atomic E-state index is -0.538. The summed E-state index contributed by atoms with van der Waals surface area (Å²) in [7, 11) is 0. The first-order chi connectivity index (χ1) is 13.5. The molecule has 0 aliphatic carbocycles. The summed E-state index contributed by atoms with van der Waals surface area (Å²) in [5.41, 5.74) is 3.37. The first-order valence-electron chi connectivity index (χ1n) is 8.06. The molecule has 3 aromatic rings. The fourth-order valence-corrected chi connectivity index (χ4v) is 2.23. The van der Waals surface area contributed by atoms with Gasteiger partial charge >= 0.3 is 0 Å². The molecule has 3 rings (SSSR count). The molecule has 9 nitrogen and oxygen atoms in total. The van der Waals surface area contributed by atoms with E-state index in [1.165, 1.54) is 48.9 Å². The van der Waals surface area contributed by atoms with E-state index in [1.807, 2.05) is 0 Å². The van der Waals surface area contributed by atoms with Crippen molar-refractivity contribution in [1.29, 1.82) is 0 Å². The number of benzene rings is 2. The van der Waals surface area contributed by atoms with Crippen LogP contribution in [0.2, 0.25) is 0 Å².